The highest BCUT2D eigenvalue weighted by Gasteiger charge is 2.44. The van der Waals surface area contributed by atoms with Gasteiger partial charge in [0.2, 0.25) is 10.0 Å². The Hall–Kier alpha value is -0.170. The summed E-state index contributed by atoms with van der Waals surface area (Å²) in [7, 11) is -2.98. The number of sulfonamides is 1. The summed E-state index contributed by atoms with van der Waals surface area (Å²) in [5, 5.41) is 3.40. The molecule has 2 atom stereocenters. The Balaban J connectivity index is 1.59. The zero-order valence-electron chi connectivity index (χ0n) is 11.0. The van der Waals surface area contributed by atoms with E-state index < -0.39 is 10.0 Å². The van der Waals surface area contributed by atoms with Crippen molar-refractivity contribution in [3.8, 4) is 0 Å². The summed E-state index contributed by atoms with van der Waals surface area (Å²) in [4.78, 5) is 2.61. The van der Waals surface area contributed by atoms with Crippen LogP contribution >= 0.6 is 0 Å². The van der Waals surface area contributed by atoms with Crippen LogP contribution in [-0.2, 0) is 10.0 Å². The number of likely N-dealkylation sites (tertiary alicyclic amines) is 1. The van der Waals surface area contributed by atoms with E-state index in [1.165, 1.54) is 19.1 Å². The zero-order valence-corrected chi connectivity index (χ0v) is 11.8. The minimum Gasteiger partial charge on any atom is -0.317 e. The molecule has 0 amide bonds. The fourth-order valence-electron chi connectivity index (χ4n) is 3.73. The van der Waals surface area contributed by atoms with Crippen LogP contribution in [0.3, 0.4) is 0 Å². The van der Waals surface area contributed by atoms with E-state index >= 15 is 0 Å². The zero-order chi connectivity index (χ0) is 12.8. The largest absolute Gasteiger partial charge is 0.317 e. The van der Waals surface area contributed by atoms with Crippen molar-refractivity contribution < 1.29 is 8.42 Å². The molecule has 0 radical (unpaired) electrons. The van der Waals surface area contributed by atoms with Gasteiger partial charge in [0.25, 0.3) is 0 Å². The number of hydrogen-bond acceptors (Lipinski definition) is 4. The molecule has 3 aliphatic heterocycles. The van der Waals surface area contributed by atoms with Crippen LogP contribution in [0, 0.1) is 11.8 Å². The normalized spacial score (nSPS) is 36.1. The van der Waals surface area contributed by atoms with Crippen LogP contribution in [0.5, 0.6) is 0 Å². The van der Waals surface area contributed by atoms with Crippen molar-refractivity contribution in [1.29, 1.82) is 0 Å². The minimum atomic E-state index is -2.98. The van der Waals surface area contributed by atoms with Crippen LogP contribution < -0.4 is 5.32 Å². The number of fused-ring (bicyclic) bond motifs is 1. The summed E-state index contributed by atoms with van der Waals surface area (Å²) in [5.41, 5.74) is 0. The molecule has 3 aliphatic rings. The molecule has 2 unspecified atom stereocenters. The van der Waals surface area contributed by atoms with E-state index in [0.29, 0.717) is 11.8 Å². The molecule has 104 valence electrons. The molecule has 6 heteroatoms. The second-order valence-electron chi connectivity index (χ2n) is 6.04. The summed E-state index contributed by atoms with van der Waals surface area (Å²) in [5.74, 6) is 1.13. The Kier molecular flexibility index (Phi) is 3.38. The van der Waals surface area contributed by atoms with E-state index in [9.17, 15) is 8.42 Å². The predicted molar refractivity (Wildman–Crippen MR) is 70.9 cm³/mol. The van der Waals surface area contributed by atoms with Gasteiger partial charge >= 0.3 is 0 Å². The molecular weight excluding hydrogens is 250 g/mol. The van der Waals surface area contributed by atoms with Gasteiger partial charge in [-0.15, -0.1) is 0 Å². The fourth-order valence-corrected chi connectivity index (χ4v) is 4.65. The van der Waals surface area contributed by atoms with Gasteiger partial charge in [-0.1, -0.05) is 0 Å². The SMILES string of the molecule is CS(=O)(=O)N1CC2CN(C3CCNCC3)CC2C1. The highest BCUT2D eigenvalue weighted by atomic mass is 32.2. The molecule has 0 aromatic heterocycles. The van der Waals surface area contributed by atoms with Crippen molar-refractivity contribution in [2.45, 2.75) is 18.9 Å². The Morgan fingerprint density at radius 3 is 2.06 bits per heavy atom. The highest BCUT2D eigenvalue weighted by Crippen LogP contribution is 2.34. The standard InChI is InChI=1S/C12H23N3O2S/c1-18(16,17)15-8-10-6-14(7-11(10)9-15)12-2-4-13-5-3-12/h10-13H,2-9H2,1H3. The van der Waals surface area contributed by atoms with Crippen molar-refractivity contribution in [2.75, 3.05) is 45.5 Å². The first-order chi connectivity index (χ1) is 8.54. The number of nitrogens with one attached hydrogen (secondary N) is 1. The first kappa shape index (κ1) is 12.8. The minimum absolute atomic E-state index is 0.564. The maximum atomic E-state index is 11.6. The van der Waals surface area contributed by atoms with Crippen molar-refractivity contribution in [2.24, 2.45) is 11.8 Å². The summed E-state index contributed by atoms with van der Waals surface area (Å²) < 4.78 is 24.8. The fraction of sp³-hybridized carbons (Fsp3) is 1.00. The molecule has 0 aromatic carbocycles. The Labute approximate surface area is 110 Å². The molecule has 3 saturated heterocycles. The van der Waals surface area contributed by atoms with E-state index in [-0.39, 0.29) is 0 Å². The van der Waals surface area contributed by atoms with Gasteiger partial charge in [0.1, 0.15) is 0 Å². The van der Waals surface area contributed by atoms with Crippen molar-refractivity contribution in [3.63, 3.8) is 0 Å². The van der Waals surface area contributed by atoms with Crippen LogP contribution in [0.4, 0.5) is 0 Å². The quantitative estimate of drug-likeness (QED) is 0.741. The summed E-state index contributed by atoms with van der Waals surface area (Å²) >= 11 is 0. The topological polar surface area (TPSA) is 52.7 Å². The van der Waals surface area contributed by atoms with Crippen LogP contribution in [-0.4, -0.2) is 69.2 Å². The number of nitrogens with zero attached hydrogens (tertiary/aromatic N) is 2. The third-order valence-corrected chi connectivity index (χ3v) is 6.01. The van der Waals surface area contributed by atoms with Crippen LogP contribution in [0.1, 0.15) is 12.8 Å². The number of piperidine rings is 1. The Bertz CT molecular complexity index is 392. The highest BCUT2D eigenvalue weighted by molar-refractivity contribution is 7.88. The predicted octanol–water partition coefficient (Wildman–Crippen LogP) is -0.438. The van der Waals surface area contributed by atoms with Gasteiger partial charge in [0.05, 0.1) is 6.26 Å². The lowest BCUT2D eigenvalue weighted by molar-refractivity contribution is 0.181. The van der Waals surface area contributed by atoms with E-state index in [2.05, 4.69) is 10.2 Å². The van der Waals surface area contributed by atoms with Gasteiger partial charge in [-0.3, -0.25) is 4.90 Å². The smallest absolute Gasteiger partial charge is 0.211 e. The molecule has 3 fully saturated rings. The molecule has 0 bridgehead atoms. The third kappa shape index (κ3) is 2.43. The lowest BCUT2D eigenvalue weighted by Gasteiger charge is -2.32. The lowest BCUT2D eigenvalue weighted by Crippen LogP contribution is -2.43. The Morgan fingerprint density at radius 2 is 1.56 bits per heavy atom. The van der Waals surface area contributed by atoms with E-state index in [4.69, 9.17) is 0 Å². The summed E-state index contributed by atoms with van der Waals surface area (Å²) in [6.07, 6.45) is 3.82. The van der Waals surface area contributed by atoms with Gasteiger partial charge in [0, 0.05) is 32.2 Å². The van der Waals surface area contributed by atoms with Gasteiger partial charge in [-0.05, 0) is 37.8 Å². The average Bonchev–Trinajstić information content (AvgIpc) is 2.86. The maximum Gasteiger partial charge on any atom is 0.211 e. The average molecular weight is 273 g/mol. The van der Waals surface area contributed by atoms with Crippen molar-refractivity contribution >= 4 is 10.0 Å². The summed E-state index contributed by atoms with van der Waals surface area (Å²) in [6.45, 7) is 5.94. The molecular formula is C12H23N3O2S. The molecule has 18 heavy (non-hydrogen) atoms. The molecule has 3 rings (SSSR count). The van der Waals surface area contributed by atoms with Crippen LogP contribution in [0.2, 0.25) is 0 Å². The van der Waals surface area contributed by atoms with E-state index in [1.807, 2.05) is 0 Å². The van der Waals surface area contributed by atoms with Crippen LogP contribution in [0.25, 0.3) is 0 Å². The molecule has 3 heterocycles. The summed E-state index contributed by atoms with van der Waals surface area (Å²) in [6, 6.07) is 0.725. The van der Waals surface area contributed by atoms with Crippen LogP contribution in [0.15, 0.2) is 0 Å². The van der Waals surface area contributed by atoms with E-state index in [1.54, 1.807) is 4.31 Å². The van der Waals surface area contributed by atoms with Gasteiger partial charge in [0.15, 0.2) is 0 Å². The van der Waals surface area contributed by atoms with E-state index in [0.717, 1.165) is 45.3 Å². The molecule has 0 aliphatic carbocycles. The van der Waals surface area contributed by atoms with Gasteiger partial charge in [-0.25, -0.2) is 12.7 Å². The number of hydrogen-bond donors (Lipinski definition) is 1. The van der Waals surface area contributed by atoms with Gasteiger partial charge in [-0.2, -0.15) is 0 Å². The second kappa shape index (κ2) is 4.74. The number of rotatable bonds is 2. The second-order valence-corrected chi connectivity index (χ2v) is 8.02. The molecule has 0 saturated carbocycles. The first-order valence-corrected chi connectivity index (χ1v) is 8.79. The van der Waals surface area contributed by atoms with Gasteiger partial charge < -0.3 is 5.32 Å². The third-order valence-electron chi connectivity index (χ3n) is 4.78. The Morgan fingerprint density at radius 1 is 1.00 bits per heavy atom. The van der Waals surface area contributed by atoms with Crippen molar-refractivity contribution in [1.82, 2.24) is 14.5 Å². The maximum absolute atomic E-state index is 11.6. The molecule has 0 aromatic rings. The molecule has 0 spiro atoms. The lowest BCUT2D eigenvalue weighted by atomic mass is 10.0. The molecule has 1 N–H and O–H groups in total. The monoisotopic (exact) mass is 273 g/mol. The first-order valence-electron chi connectivity index (χ1n) is 6.94. The molecule has 5 nitrogen and oxygen atoms in total. The van der Waals surface area contributed by atoms with Crippen molar-refractivity contribution in [3.05, 3.63) is 0 Å².